The zero-order valence-electron chi connectivity index (χ0n) is 12.7. The summed E-state index contributed by atoms with van der Waals surface area (Å²) in [5.41, 5.74) is 2.64. The second kappa shape index (κ2) is 6.21. The Hall–Kier alpha value is -2.45. The highest BCUT2D eigenvalue weighted by Crippen LogP contribution is 2.25. The van der Waals surface area contributed by atoms with Gasteiger partial charge in [-0.2, -0.15) is 0 Å². The second-order valence-corrected chi connectivity index (χ2v) is 6.97. The highest BCUT2D eigenvalue weighted by atomic mass is 32.2. The van der Waals surface area contributed by atoms with E-state index in [4.69, 9.17) is 4.42 Å². The molecule has 24 heavy (non-hydrogen) atoms. The highest BCUT2D eigenvalue weighted by molar-refractivity contribution is 7.98. The van der Waals surface area contributed by atoms with E-state index in [2.05, 4.69) is 15.2 Å². The second-order valence-electron chi connectivity index (χ2n) is 5.17. The smallest absolute Gasteiger partial charge is 0.277 e. The van der Waals surface area contributed by atoms with Gasteiger partial charge in [0.05, 0.1) is 5.69 Å². The summed E-state index contributed by atoms with van der Waals surface area (Å²) >= 11 is 2.80. The van der Waals surface area contributed by atoms with E-state index in [1.165, 1.54) is 33.6 Å². The van der Waals surface area contributed by atoms with Crippen molar-refractivity contribution in [1.82, 2.24) is 19.6 Å². The van der Waals surface area contributed by atoms with Crippen molar-refractivity contribution >= 4 is 28.1 Å². The maximum absolute atomic E-state index is 12.0. The summed E-state index contributed by atoms with van der Waals surface area (Å²) < 4.78 is 7.21. The summed E-state index contributed by atoms with van der Waals surface area (Å²) in [6.07, 6.45) is 1.72. The number of fused-ring (bicyclic) bond motifs is 1. The molecule has 0 aliphatic rings. The standard InChI is InChI=1S/C16H12N4O2S2/c1-10-3-2-4-11(7-10)14-18-19-16(22-14)24-9-12-8-13(21)20-5-6-23-15(20)17-12/h2-8H,9H2,1H3. The van der Waals surface area contributed by atoms with Gasteiger partial charge in [0.1, 0.15) is 0 Å². The molecule has 0 spiro atoms. The SMILES string of the molecule is Cc1cccc(-c2nnc(SCc3cc(=O)n4ccsc4n3)o2)c1. The Bertz CT molecular complexity index is 1070. The van der Waals surface area contributed by atoms with E-state index >= 15 is 0 Å². The predicted molar refractivity (Wildman–Crippen MR) is 93.4 cm³/mol. The lowest BCUT2D eigenvalue weighted by molar-refractivity contribution is 0.466. The van der Waals surface area contributed by atoms with Crippen molar-refractivity contribution in [2.24, 2.45) is 0 Å². The molecular formula is C16H12N4O2S2. The molecule has 0 amide bonds. The van der Waals surface area contributed by atoms with E-state index in [-0.39, 0.29) is 5.56 Å². The van der Waals surface area contributed by atoms with Gasteiger partial charge in [0.2, 0.25) is 5.89 Å². The summed E-state index contributed by atoms with van der Waals surface area (Å²) in [7, 11) is 0. The van der Waals surface area contributed by atoms with Crippen LogP contribution in [0.1, 0.15) is 11.3 Å². The van der Waals surface area contributed by atoms with Gasteiger partial charge in [0.15, 0.2) is 4.96 Å². The van der Waals surface area contributed by atoms with Crippen LogP contribution in [-0.2, 0) is 5.75 Å². The van der Waals surface area contributed by atoms with E-state index in [9.17, 15) is 4.79 Å². The van der Waals surface area contributed by atoms with Gasteiger partial charge in [-0.15, -0.1) is 21.5 Å². The molecule has 4 rings (SSSR count). The highest BCUT2D eigenvalue weighted by Gasteiger charge is 2.11. The van der Waals surface area contributed by atoms with Gasteiger partial charge in [0.25, 0.3) is 10.8 Å². The average molecular weight is 356 g/mol. The normalized spacial score (nSPS) is 11.2. The fraction of sp³-hybridized carbons (Fsp3) is 0.125. The summed E-state index contributed by atoms with van der Waals surface area (Å²) in [5, 5.41) is 10.4. The fourth-order valence-electron chi connectivity index (χ4n) is 2.26. The molecule has 3 heterocycles. The molecular weight excluding hydrogens is 344 g/mol. The van der Waals surface area contributed by atoms with Crippen molar-refractivity contribution in [3.8, 4) is 11.5 Å². The summed E-state index contributed by atoms with van der Waals surface area (Å²) in [6, 6.07) is 9.43. The number of aromatic nitrogens is 4. The Morgan fingerprint density at radius 1 is 1.29 bits per heavy atom. The van der Waals surface area contributed by atoms with Crippen LogP contribution in [0.5, 0.6) is 0 Å². The molecule has 120 valence electrons. The van der Waals surface area contributed by atoms with Crippen LogP contribution in [0.3, 0.4) is 0 Å². The van der Waals surface area contributed by atoms with Crippen LogP contribution in [0.25, 0.3) is 16.4 Å². The summed E-state index contributed by atoms with van der Waals surface area (Å²) in [4.78, 5) is 17.1. The van der Waals surface area contributed by atoms with E-state index < -0.39 is 0 Å². The molecule has 1 aromatic carbocycles. The van der Waals surface area contributed by atoms with Crippen LogP contribution in [-0.4, -0.2) is 19.6 Å². The van der Waals surface area contributed by atoms with Crippen molar-refractivity contribution < 1.29 is 4.42 Å². The van der Waals surface area contributed by atoms with Crippen molar-refractivity contribution in [2.75, 3.05) is 0 Å². The fourth-order valence-corrected chi connectivity index (χ4v) is 3.65. The third-order valence-electron chi connectivity index (χ3n) is 3.37. The monoisotopic (exact) mass is 356 g/mol. The first-order valence-corrected chi connectivity index (χ1v) is 9.05. The lowest BCUT2D eigenvalue weighted by Crippen LogP contribution is -2.12. The maximum Gasteiger partial charge on any atom is 0.277 e. The number of hydrogen-bond acceptors (Lipinski definition) is 7. The van der Waals surface area contributed by atoms with Crippen LogP contribution in [0.2, 0.25) is 0 Å². The third-order valence-corrected chi connectivity index (χ3v) is 4.98. The minimum Gasteiger partial charge on any atom is -0.411 e. The lowest BCUT2D eigenvalue weighted by atomic mass is 10.1. The molecule has 0 radical (unpaired) electrons. The Morgan fingerprint density at radius 2 is 2.21 bits per heavy atom. The molecule has 0 aliphatic carbocycles. The molecule has 0 unspecified atom stereocenters. The van der Waals surface area contributed by atoms with Gasteiger partial charge in [0, 0.05) is 29.0 Å². The topological polar surface area (TPSA) is 73.3 Å². The number of thioether (sulfide) groups is 1. The summed E-state index contributed by atoms with van der Waals surface area (Å²) in [6.45, 7) is 2.01. The molecule has 4 aromatic rings. The van der Waals surface area contributed by atoms with Gasteiger partial charge in [-0.05, 0) is 19.1 Å². The van der Waals surface area contributed by atoms with Gasteiger partial charge in [-0.25, -0.2) is 4.98 Å². The van der Waals surface area contributed by atoms with Crippen molar-refractivity contribution in [3.63, 3.8) is 0 Å². The molecule has 6 nitrogen and oxygen atoms in total. The number of aryl methyl sites for hydroxylation is 1. The van der Waals surface area contributed by atoms with Crippen LogP contribution in [0, 0.1) is 6.92 Å². The van der Waals surface area contributed by atoms with Crippen LogP contribution >= 0.6 is 23.1 Å². The van der Waals surface area contributed by atoms with Crippen molar-refractivity contribution in [2.45, 2.75) is 17.9 Å². The van der Waals surface area contributed by atoms with E-state index in [0.717, 1.165) is 11.1 Å². The van der Waals surface area contributed by atoms with Gasteiger partial charge in [-0.1, -0.05) is 29.5 Å². The first kappa shape index (κ1) is 15.1. The zero-order valence-corrected chi connectivity index (χ0v) is 14.3. The Kier molecular flexibility index (Phi) is 3.91. The third kappa shape index (κ3) is 2.98. The minimum absolute atomic E-state index is 0.0807. The molecule has 0 saturated heterocycles. The molecule has 3 aromatic heterocycles. The molecule has 0 atom stereocenters. The molecule has 0 fully saturated rings. The number of benzene rings is 1. The Labute approximate surface area is 145 Å². The maximum atomic E-state index is 12.0. The molecule has 0 aliphatic heterocycles. The predicted octanol–water partition coefficient (Wildman–Crippen LogP) is 3.41. The molecule has 0 N–H and O–H groups in total. The minimum atomic E-state index is -0.0807. The average Bonchev–Trinajstić information content (AvgIpc) is 3.22. The zero-order chi connectivity index (χ0) is 16.5. The van der Waals surface area contributed by atoms with E-state index in [1.807, 2.05) is 36.6 Å². The van der Waals surface area contributed by atoms with Crippen LogP contribution < -0.4 is 5.56 Å². The number of thiazole rings is 1. The summed E-state index contributed by atoms with van der Waals surface area (Å²) in [5.74, 6) is 0.988. The first-order valence-electron chi connectivity index (χ1n) is 7.18. The molecule has 8 heteroatoms. The number of nitrogens with zero attached hydrogens (tertiary/aromatic N) is 4. The van der Waals surface area contributed by atoms with Gasteiger partial charge >= 0.3 is 0 Å². The molecule has 0 saturated carbocycles. The van der Waals surface area contributed by atoms with Gasteiger partial charge < -0.3 is 4.42 Å². The van der Waals surface area contributed by atoms with Crippen molar-refractivity contribution in [3.05, 3.63) is 63.5 Å². The number of rotatable bonds is 4. The molecule has 0 bridgehead atoms. The van der Waals surface area contributed by atoms with Gasteiger partial charge in [-0.3, -0.25) is 9.20 Å². The van der Waals surface area contributed by atoms with Crippen LogP contribution in [0.4, 0.5) is 0 Å². The van der Waals surface area contributed by atoms with E-state index in [0.29, 0.717) is 27.5 Å². The largest absolute Gasteiger partial charge is 0.411 e. The quantitative estimate of drug-likeness (QED) is 0.522. The number of hydrogen-bond donors (Lipinski definition) is 0. The van der Waals surface area contributed by atoms with Crippen LogP contribution in [0.15, 0.2) is 56.3 Å². The first-order chi connectivity index (χ1) is 11.7. The Morgan fingerprint density at radius 3 is 3.08 bits per heavy atom. The van der Waals surface area contributed by atoms with Crippen molar-refractivity contribution in [1.29, 1.82) is 0 Å². The van der Waals surface area contributed by atoms with E-state index in [1.54, 1.807) is 6.20 Å². The Balaban J connectivity index is 1.52. The lowest BCUT2D eigenvalue weighted by Gasteiger charge is -1.98.